The Morgan fingerprint density at radius 2 is 1.92 bits per heavy atom. The van der Waals surface area contributed by atoms with Crippen LogP contribution in [0.1, 0.15) is 38.2 Å². The van der Waals surface area contributed by atoms with Gasteiger partial charge < -0.3 is 20.3 Å². The monoisotopic (exact) mass is 346 g/mol. The van der Waals surface area contributed by atoms with Gasteiger partial charge in [-0.1, -0.05) is 25.0 Å². The van der Waals surface area contributed by atoms with Gasteiger partial charge in [-0.3, -0.25) is 4.99 Å². The second-order valence-electron chi connectivity index (χ2n) is 6.70. The maximum atomic E-state index is 5.20. The molecule has 1 fully saturated rings. The lowest BCUT2D eigenvalue weighted by Gasteiger charge is -2.23. The van der Waals surface area contributed by atoms with E-state index in [1.165, 1.54) is 31.2 Å². The van der Waals surface area contributed by atoms with Crippen molar-refractivity contribution >= 4 is 5.96 Å². The van der Waals surface area contributed by atoms with Crippen molar-refractivity contribution < 1.29 is 4.74 Å². The second-order valence-corrected chi connectivity index (χ2v) is 6.70. The minimum Gasteiger partial charge on any atom is -0.497 e. The van der Waals surface area contributed by atoms with E-state index >= 15 is 0 Å². The average Bonchev–Trinajstić information content (AvgIpc) is 3.17. The lowest BCUT2D eigenvalue weighted by Crippen LogP contribution is -2.39. The molecule has 0 atom stereocenters. The van der Waals surface area contributed by atoms with E-state index in [9.17, 15) is 0 Å². The van der Waals surface area contributed by atoms with Gasteiger partial charge >= 0.3 is 0 Å². The van der Waals surface area contributed by atoms with E-state index in [-0.39, 0.29) is 0 Å². The molecule has 1 saturated carbocycles. The van der Waals surface area contributed by atoms with Gasteiger partial charge in [0.1, 0.15) is 5.75 Å². The molecule has 5 nitrogen and oxygen atoms in total. The fourth-order valence-corrected chi connectivity index (χ4v) is 3.31. The van der Waals surface area contributed by atoms with E-state index in [1.807, 2.05) is 12.1 Å². The maximum absolute atomic E-state index is 5.20. The molecule has 0 unspecified atom stereocenters. The largest absolute Gasteiger partial charge is 0.497 e. The number of rotatable bonds is 9. The molecule has 5 heteroatoms. The van der Waals surface area contributed by atoms with Crippen molar-refractivity contribution in [1.82, 2.24) is 15.5 Å². The number of nitrogens with zero attached hydrogens (tertiary/aromatic N) is 2. The Kier molecular flexibility index (Phi) is 8.60. The van der Waals surface area contributed by atoms with E-state index in [0.29, 0.717) is 0 Å². The van der Waals surface area contributed by atoms with Crippen LogP contribution in [0.3, 0.4) is 0 Å². The van der Waals surface area contributed by atoms with Gasteiger partial charge in [0.2, 0.25) is 0 Å². The zero-order valence-electron chi connectivity index (χ0n) is 16.1. The number of methoxy groups -OCH3 is 1. The molecule has 2 N–H and O–H groups in total. The first-order valence-electron chi connectivity index (χ1n) is 9.58. The summed E-state index contributed by atoms with van der Waals surface area (Å²) in [6.07, 6.45) is 6.43. The summed E-state index contributed by atoms with van der Waals surface area (Å²) >= 11 is 0. The molecule has 1 aliphatic carbocycles. The van der Waals surface area contributed by atoms with Crippen LogP contribution < -0.4 is 15.4 Å². The Morgan fingerprint density at radius 1 is 1.20 bits per heavy atom. The quantitative estimate of drug-likeness (QED) is 0.533. The van der Waals surface area contributed by atoms with E-state index < -0.39 is 0 Å². The van der Waals surface area contributed by atoms with Gasteiger partial charge in [-0.25, -0.2) is 0 Å². The van der Waals surface area contributed by atoms with E-state index in [4.69, 9.17) is 9.73 Å². The summed E-state index contributed by atoms with van der Waals surface area (Å²) in [4.78, 5) is 7.19. The summed E-state index contributed by atoms with van der Waals surface area (Å²) in [6.45, 7) is 5.72. The van der Waals surface area contributed by atoms with Crippen LogP contribution in [-0.2, 0) is 6.42 Å². The number of guanidine groups is 1. The van der Waals surface area contributed by atoms with Gasteiger partial charge in [-0.05, 0) is 50.9 Å². The number of nitrogens with one attached hydrogen (secondary N) is 2. The van der Waals surface area contributed by atoms with Crippen LogP contribution in [0.15, 0.2) is 29.3 Å². The molecule has 2 rings (SSSR count). The van der Waals surface area contributed by atoms with Gasteiger partial charge in [-0.2, -0.15) is 0 Å². The Labute approximate surface area is 152 Å². The Bertz CT molecular complexity index is 509. The van der Waals surface area contributed by atoms with Gasteiger partial charge in [0.05, 0.1) is 13.7 Å². The van der Waals surface area contributed by atoms with Crippen molar-refractivity contribution in [1.29, 1.82) is 0 Å². The lowest BCUT2D eigenvalue weighted by molar-refractivity contribution is 0.252. The third-order valence-corrected chi connectivity index (χ3v) is 4.88. The van der Waals surface area contributed by atoms with Crippen molar-refractivity contribution in [3.63, 3.8) is 0 Å². The van der Waals surface area contributed by atoms with Crippen LogP contribution in [0.25, 0.3) is 0 Å². The Hall–Kier alpha value is -1.75. The number of hydrogen-bond acceptors (Lipinski definition) is 3. The first-order valence-corrected chi connectivity index (χ1v) is 9.58. The van der Waals surface area contributed by atoms with Crippen LogP contribution >= 0.6 is 0 Å². The molecule has 0 aromatic heterocycles. The molecule has 0 saturated heterocycles. The van der Waals surface area contributed by atoms with E-state index in [0.717, 1.165) is 50.4 Å². The van der Waals surface area contributed by atoms with E-state index in [2.05, 4.69) is 41.6 Å². The number of benzene rings is 1. The van der Waals surface area contributed by atoms with Crippen LogP contribution in [-0.4, -0.2) is 57.2 Å². The zero-order valence-corrected chi connectivity index (χ0v) is 16.1. The second kappa shape index (κ2) is 11.0. The molecule has 140 valence electrons. The molecule has 1 aromatic carbocycles. The Morgan fingerprint density at radius 3 is 2.56 bits per heavy atom. The summed E-state index contributed by atoms with van der Waals surface area (Å²) in [5, 5.41) is 6.76. The highest BCUT2D eigenvalue weighted by molar-refractivity contribution is 5.79. The van der Waals surface area contributed by atoms with Crippen molar-refractivity contribution in [2.24, 2.45) is 4.99 Å². The van der Waals surface area contributed by atoms with Gasteiger partial charge in [0.25, 0.3) is 0 Å². The SMILES string of the molecule is CCNC(=NCCN(C)C1CCCC1)NCCc1ccc(OC)cc1. The number of likely N-dealkylation sites (N-methyl/N-ethyl adjacent to an activating group) is 1. The predicted molar refractivity (Wildman–Crippen MR) is 106 cm³/mol. The van der Waals surface area contributed by atoms with Gasteiger partial charge in [0.15, 0.2) is 5.96 Å². The summed E-state index contributed by atoms with van der Waals surface area (Å²) in [5.74, 6) is 1.81. The number of ether oxygens (including phenoxy) is 1. The molecule has 1 aromatic rings. The fourth-order valence-electron chi connectivity index (χ4n) is 3.31. The van der Waals surface area contributed by atoms with Crippen LogP contribution in [0.2, 0.25) is 0 Å². The lowest BCUT2D eigenvalue weighted by atomic mass is 10.1. The molecule has 0 spiro atoms. The minimum absolute atomic E-state index is 0.765. The first-order chi connectivity index (χ1) is 12.2. The topological polar surface area (TPSA) is 48.9 Å². The van der Waals surface area contributed by atoms with Gasteiger partial charge in [-0.15, -0.1) is 0 Å². The molecule has 0 aliphatic heterocycles. The van der Waals surface area contributed by atoms with Crippen LogP contribution in [0.4, 0.5) is 0 Å². The first kappa shape index (κ1) is 19.6. The molecule has 0 amide bonds. The molecular formula is C20H34N4O. The highest BCUT2D eigenvalue weighted by Crippen LogP contribution is 2.21. The number of hydrogen-bond donors (Lipinski definition) is 2. The number of aliphatic imine (C=N–C) groups is 1. The zero-order chi connectivity index (χ0) is 17.9. The van der Waals surface area contributed by atoms with E-state index in [1.54, 1.807) is 7.11 Å². The van der Waals surface area contributed by atoms with Crippen LogP contribution in [0, 0.1) is 0 Å². The fraction of sp³-hybridized carbons (Fsp3) is 0.650. The average molecular weight is 347 g/mol. The summed E-state index contributed by atoms with van der Waals surface area (Å²) in [5.41, 5.74) is 1.30. The molecule has 0 bridgehead atoms. The van der Waals surface area contributed by atoms with Crippen molar-refractivity contribution in [2.45, 2.75) is 45.1 Å². The van der Waals surface area contributed by atoms with Crippen molar-refractivity contribution in [3.05, 3.63) is 29.8 Å². The summed E-state index contributed by atoms with van der Waals surface area (Å²) < 4.78 is 5.20. The normalized spacial score (nSPS) is 15.6. The molecule has 0 radical (unpaired) electrons. The van der Waals surface area contributed by atoms with Crippen molar-refractivity contribution in [3.8, 4) is 5.75 Å². The summed E-state index contributed by atoms with van der Waals surface area (Å²) in [7, 11) is 3.93. The molecule has 0 heterocycles. The molecule has 25 heavy (non-hydrogen) atoms. The van der Waals surface area contributed by atoms with Crippen molar-refractivity contribution in [2.75, 3.05) is 40.3 Å². The smallest absolute Gasteiger partial charge is 0.191 e. The molecule has 1 aliphatic rings. The third kappa shape index (κ3) is 6.94. The Balaban J connectivity index is 1.72. The third-order valence-electron chi connectivity index (χ3n) is 4.88. The highest BCUT2D eigenvalue weighted by Gasteiger charge is 2.18. The van der Waals surface area contributed by atoms with Crippen LogP contribution in [0.5, 0.6) is 5.75 Å². The minimum atomic E-state index is 0.765. The maximum Gasteiger partial charge on any atom is 0.191 e. The van der Waals surface area contributed by atoms with Gasteiger partial charge in [0, 0.05) is 25.7 Å². The summed E-state index contributed by atoms with van der Waals surface area (Å²) in [6, 6.07) is 9.00. The predicted octanol–water partition coefficient (Wildman–Crippen LogP) is 2.67. The highest BCUT2D eigenvalue weighted by atomic mass is 16.5. The standard InChI is InChI=1S/C20H34N4O/c1-4-21-20(23-15-16-24(2)18-7-5-6-8-18)22-14-13-17-9-11-19(25-3)12-10-17/h9-12,18H,4-8,13-16H2,1-3H3,(H2,21,22,23). The molecular weight excluding hydrogens is 312 g/mol.